The van der Waals surface area contributed by atoms with E-state index in [0.29, 0.717) is 16.9 Å². The average Bonchev–Trinajstić information content (AvgIpc) is 3.30. The van der Waals surface area contributed by atoms with Gasteiger partial charge in [-0.1, -0.05) is 18.2 Å². The van der Waals surface area contributed by atoms with Gasteiger partial charge in [0.15, 0.2) is 5.78 Å². The van der Waals surface area contributed by atoms with Gasteiger partial charge >= 0.3 is 0 Å². The number of Topliss-reactive ketones (excluding diaryl/α,β-unsaturated/α-hetero) is 1. The van der Waals surface area contributed by atoms with E-state index in [1.807, 2.05) is 60.1 Å². The number of hydrogen-bond acceptors (Lipinski definition) is 3. The largest absolute Gasteiger partial charge is 0.356 e. The number of fused-ring (bicyclic) bond motifs is 1. The predicted molar refractivity (Wildman–Crippen MR) is 104 cm³/mol. The van der Waals surface area contributed by atoms with Crippen LogP contribution < -0.4 is 5.32 Å². The summed E-state index contributed by atoms with van der Waals surface area (Å²) in [6.07, 6.45) is 5.49. The van der Waals surface area contributed by atoms with E-state index in [1.165, 1.54) is 13.1 Å². The van der Waals surface area contributed by atoms with Crippen molar-refractivity contribution in [1.82, 2.24) is 14.4 Å². The monoisotopic (exact) mass is 358 g/mol. The van der Waals surface area contributed by atoms with Crippen molar-refractivity contribution in [3.05, 3.63) is 77.9 Å². The number of benzene rings is 1. The minimum atomic E-state index is -0.293. The minimum Gasteiger partial charge on any atom is -0.356 e. The first-order valence-electron chi connectivity index (χ1n) is 8.57. The van der Waals surface area contributed by atoms with E-state index in [-0.39, 0.29) is 11.7 Å². The molecule has 1 aromatic carbocycles. The molecule has 0 atom stereocenters. The SMILES string of the molecule is CC(=O)c1c[nH]c(C(=O)Nc2ccc(-c3cn4cccc(C)c4n3)cc2)c1. The molecule has 3 aromatic heterocycles. The molecular weight excluding hydrogens is 340 g/mol. The quantitative estimate of drug-likeness (QED) is 0.539. The fourth-order valence-electron chi connectivity index (χ4n) is 2.94. The molecule has 0 radical (unpaired) electrons. The number of hydrogen-bond donors (Lipinski definition) is 2. The summed E-state index contributed by atoms with van der Waals surface area (Å²) in [6, 6.07) is 13.1. The first-order chi connectivity index (χ1) is 13.0. The molecule has 0 spiro atoms. The second kappa shape index (κ2) is 6.57. The summed E-state index contributed by atoms with van der Waals surface area (Å²) < 4.78 is 2.00. The highest BCUT2D eigenvalue weighted by atomic mass is 16.2. The number of amides is 1. The predicted octanol–water partition coefficient (Wildman–Crippen LogP) is 4.09. The Morgan fingerprint density at radius 2 is 1.93 bits per heavy atom. The molecule has 27 heavy (non-hydrogen) atoms. The van der Waals surface area contributed by atoms with Crippen molar-refractivity contribution in [3.8, 4) is 11.3 Å². The second-order valence-corrected chi connectivity index (χ2v) is 6.44. The van der Waals surface area contributed by atoms with Gasteiger partial charge in [0.2, 0.25) is 0 Å². The van der Waals surface area contributed by atoms with Gasteiger partial charge in [-0.3, -0.25) is 9.59 Å². The number of carbonyl (C=O) groups excluding carboxylic acids is 2. The van der Waals surface area contributed by atoms with E-state index in [2.05, 4.69) is 15.3 Å². The lowest BCUT2D eigenvalue weighted by Crippen LogP contribution is -2.12. The number of aryl methyl sites for hydroxylation is 1. The Hall–Kier alpha value is -3.67. The van der Waals surface area contributed by atoms with Gasteiger partial charge in [-0.15, -0.1) is 0 Å². The van der Waals surface area contributed by atoms with Crippen LogP contribution in [0.2, 0.25) is 0 Å². The second-order valence-electron chi connectivity index (χ2n) is 6.44. The molecule has 0 unspecified atom stereocenters. The van der Waals surface area contributed by atoms with Crippen LogP contribution in [0.1, 0.15) is 33.3 Å². The van der Waals surface area contributed by atoms with Crippen molar-refractivity contribution >= 4 is 23.0 Å². The third-order valence-corrected chi connectivity index (χ3v) is 4.45. The number of nitrogens with zero attached hydrogens (tertiary/aromatic N) is 2. The fourth-order valence-corrected chi connectivity index (χ4v) is 2.94. The van der Waals surface area contributed by atoms with E-state index in [0.717, 1.165) is 22.5 Å². The van der Waals surface area contributed by atoms with Crippen molar-refractivity contribution in [2.24, 2.45) is 0 Å². The molecule has 134 valence electrons. The molecule has 0 bridgehead atoms. The average molecular weight is 358 g/mol. The molecule has 3 heterocycles. The van der Waals surface area contributed by atoms with Crippen LogP contribution in [-0.4, -0.2) is 26.1 Å². The highest BCUT2D eigenvalue weighted by Gasteiger charge is 2.11. The number of aromatic amines is 1. The van der Waals surface area contributed by atoms with Gasteiger partial charge in [-0.2, -0.15) is 0 Å². The molecule has 6 heteroatoms. The topological polar surface area (TPSA) is 79.3 Å². The van der Waals surface area contributed by atoms with E-state index in [9.17, 15) is 9.59 Å². The Morgan fingerprint density at radius 1 is 1.15 bits per heavy atom. The van der Waals surface area contributed by atoms with Gasteiger partial charge in [0.1, 0.15) is 11.3 Å². The van der Waals surface area contributed by atoms with Gasteiger partial charge in [0, 0.05) is 35.4 Å². The molecule has 0 aliphatic carbocycles. The van der Waals surface area contributed by atoms with Gasteiger partial charge in [0.25, 0.3) is 5.91 Å². The zero-order valence-corrected chi connectivity index (χ0v) is 15.0. The van der Waals surface area contributed by atoms with Crippen LogP contribution in [0, 0.1) is 6.92 Å². The summed E-state index contributed by atoms with van der Waals surface area (Å²) >= 11 is 0. The number of H-pyrrole nitrogens is 1. The van der Waals surface area contributed by atoms with Crippen LogP contribution in [0.25, 0.3) is 16.9 Å². The number of pyridine rings is 1. The summed E-state index contributed by atoms with van der Waals surface area (Å²) in [5, 5.41) is 2.82. The number of rotatable bonds is 4. The van der Waals surface area contributed by atoms with E-state index >= 15 is 0 Å². The standard InChI is InChI=1S/C21H18N4O2/c1-13-4-3-9-25-12-19(24-20(13)25)15-5-7-17(8-6-15)23-21(27)18-10-16(11-22-18)14(2)26/h3-12,22H,1-2H3,(H,23,27). The molecule has 0 aliphatic rings. The Morgan fingerprint density at radius 3 is 2.59 bits per heavy atom. The van der Waals surface area contributed by atoms with Crippen molar-refractivity contribution < 1.29 is 9.59 Å². The maximum absolute atomic E-state index is 12.3. The van der Waals surface area contributed by atoms with Crippen molar-refractivity contribution in [3.63, 3.8) is 0 Å². The zero-order valence-electron chi connectivity index (χ0n) is 15.0. The summed E-state index contributed by atoms with van der Waals surface area (Å²) in [6.45, 7) is 3.49. The van der Waals surface area contributed by atoms with Crippen molar-refractivity contribution in [2.75, 3.05) is 5.32 Å². The van der Waals surface area contributed by atoms with Crippen molar-refractivity contribution in [2.45, 2.75) is 13.8 Å². The maximum atomic E-state index is 12.3. The Balaban J connectivity index is 1.53. The number of anilines is 1. The molecule has 0 aliphatic heterocycles. The van der Waals surface area contributed by atoms with Crippen molar-refractivity contribution in [1.29, 1.82) is 0 Å². The lowest BCUT2D eigenvalue weighted by Gasteiger charge is -2.04. The molecule has 2 N–H and O–H groups in total. The highest BCUT2D eigenvalue weighted by Crippen LogP contribution is 2.22. The van der Waals surface area contributed by atoms with Crippen LogP contribution >= 0.6 is 0 Å². The van der Waals surface area contributed by atoms with Crippen LogP contribution in [0.15, 0.2) is 61.1 Å². The lowest BCUT2D eigenvalue weighted by molar-refractivity contribution is 0.101. The van der Waals surface area contributed by atoms with Crippen LogP contribution in [-0.2, 0) is 0 Å². The summed E-state index contributed by atoms with van der Waals surface area (Å²) in [5.41, 5.74) is 5.38. The zero-order chi connectivity index (χ0) is 19.0. The number of aromatic nitrogens is 3. The summed E-state index contributed by atoms with van der Waals surface area (Å²) in [5.74, 6) is -0.379. The fraction of sp³-hybridized carbons (Fsp3) is 0.0952. The molecular formula is C21H18N4O2. The van der Waals surface area contributed by atoms with Gasteiger partial charge in [-0.05, 0) is 43.7 Å². The van der Waals surface area contributed by atoms with E-state index < -0.39 is 0 Å². The first kappa shape index (κ1) is 16.8. The van der Waals surface area contributed by atoms with Gasteiger partial charge in [0.05, 0.1) is 5.69 Å². The number of imidazole rings is 1. The third-order valence-electron chi connectivity index (χ3n) is 4.45. The molecule has 1 amide bonds. The number of nitrogens with one attached hydrogen (secondary N) is 2. The minimum absolute atomic E-state index is 0.0858. The Bertz CT molecular complexity index is 1150. The Labute approximate surface area is 155 Å². The van der Waals surface area contributed by atoms with E-state index in [4.69, 9.17) is 0 Å². The summed E-state index contributed by atoms with van der Waals surface area (Å²) in [4.78, 5) is 31.1. The van der Waals surface area contributed by atoms with Crippen LogP contribution in [0.5, 0.6) is 0 Å². The smallest absolute Gasteiger partial charge is 0.272 e. The van der Waals surface area contributed by atoms with Gasteiger partial charge in [-0.25, -0.2) is 4.98 Å². The normalized spacial score (nSPS) is 10.9. The molecule has 6 nitrogen and oxygen atoms in total. The van der Waals surface area contributed by atoms with Crippen LogP contribution in [0.3, 0.4) is 0 Å². The summed E-state index contributed by atoms with van der Waals surface area (Å²) in [7, 11) is 0. The lowest BCUT2D eigenvalue weighted by atomic mass is 10.1. The van der Waals surface area contributed by atoms with Gasteiger partial charge < -0.3 is 14.7 Å². The Kier molecular flexibility index (Phi) is 4.08. The first-order valence-corrected chi connectivity index (χ1v) is 8.57. The molecule has 4 aromatic rings. The van der Waals surface area contributed by atoms with Crippen LogP contribution in [0.4, 0.5) is 5.69 Å². The van der Waals surface area contributed by atoms with E-state index in [1.54, 1.807) is 6.07 Å². The molecule has 4 rings (SSSR count). The molecule has 0 saturated heterocycles. The molecule has 0 fully saturated rings. The number of ketones is 1. The number of carbonyl (C=O) groups is 2. The third kappa shape index (κ3) is 3.25. The highest BCUT2D eigenvalue weighted by molar-refractivity contribution is 6.05. The maximum Gasteiger partial charge on any atom is 0.272 e. The molecule has 0 saturated carbocycles.